The molecule has 0 unspecified atom stereocenters. The van der Waals surface area contributed by atoms with E-state index in [1.807, 2.05) is 14.1 Å². The van der Waals surface area contributed by atoms with Gasteiger partial charge in [-0.1, -0.05) is 0 Å². The van der Waals surface area contributed by atoms with Crippen molar-refractivity contribution < 1.29 is 0 Å². The number of hydrogen-bond acceptors (Lipinski definition) is 5. The highest BCUT2D eigenvalue weighted by Gasteiger charge is 2.25. The minimum atomic E-state index is 0.456. The number of aromatic nitrogens is 2. The van der Waals surface area contributed by atoms with Crippen LogP contribution in [0.1, 0.15) is 18.4 Å². The Morgan fingerprint density at radius 1 is 1.59 bits per heavy atom. The summed E-state index contributed by atoms with van der Waals surface area (Å²) in [6, 6.07) is 2.59. The molecular formula is C11H18N6. The van der Waals surface area contributed by atoms with Gasteiger partial charge in [-0.25, -0.2) is 4.68 Å². The van der Waals surface area contributed by atoms with Crippen molar-refractivity contribution >= 4 is 11.6 Å². The summed E-state index contributed by atoms with van der Waals surface area (Å²) in [6.07, 6.45) is 2.30. The fraction of sp³-hybridized carbons (Fsp3) is 0.636. The molecule has 3 N–H and O–H groups in total. The number of nitrogens with zero attached hydrogens (tertiary/aromatic N) is 4. The summed E-state index contributed by atoms with van der Waals surface area (Å²) in [5.41, 5.74) is 6.38. The van der Waals surface area contributed by atoms with Crippen molar-refractivity contribution in [3.05, 3.63) is 5.56 Å². The summed E-state index contributed by atoms with van der Waals surface area (Å²) in [5.74, 6) is 1.09. The van der Waals surface area contributed by atoms with E-state index in [1.165, 1.54) is 0 Å². The molecule has 0 saturated heterocycles. The topological polar surface area (TPSA) is 82.9 Å². The largest absolute Gasteiger partial charge is 0.383 e. The van der Waals surface area contributed by atoms with Crippen LogP contribution in [0, 0.1) is 11.3 Å². The number of nitrogens with one attached hydrogen (secondary N) is 1. The number of likely N-dealkylation sites (N-methyl/N-ethyl adjacent to an activating group) is 1. The average Bonchev–Trinajstić information content (AvgIpc) is 3.02. The number of anilines is 2. The lowest BCUT2D eigenvalue weighted by Crippen LogP contribution is -2.20. The Kier molecular flexibility index (Phi) is 3.20. The molecule has 1 aliphatic rings. The number of nitrogens with two attached hydrogens (primary N) is 1. The van der Waals surface area contributed by atoms with Gasteiger partial charge in [-0.15, -0.1) is 0 Å². The number of nitrogen functional groups attached to an aromatic ring is 1. The lowest BCUT2D eigenvalue weighted by Gasteiger charge is -2.09. The van der Waals surface area contributed by atoms with E-state index in [9.17, 15) is 0 Å². The first kappa shape index (κ1) is 11.7. The highest BCUT2D eigenvalue weighted by atomic mass is 15.4. The third-order valence-corrected chi connectivity index (χ3v) is 2.78. The molecule has 0 atom stereocenters. The normalized spacial score (nSPS) is 14.9. The molecule has 0 aliphatic heterocycles. The van der Waals surface area contributed by atoms with Gasteiger partial charge in [0.25, 0.3) is 0 Å². The van der Waals surface area contributed by atoms with Gasteiger partial charge in [0.05, 0.1) is 6.54 Å². The summed E-state index contributed by atoms with van der Waals surface area (Å²) < 4.78 is 1.70. The van der Waals surface area contributed by atoms with Gasteiger partial charge in [0.1, 0.15) is 17.5 Å². The fourth-order valence-corrected chi connectivity index (χ4v) is 1.57. The van der Waals surface area contributed by atoms with E-state index in [4.69, 9.17) is 11.0 Å². The van der Waals surface area contributed by atoms with Crippen LogP contribution in [0.15, 0.2) is 0 Å². The Morgan fingerprint density at radius 3 is 2.82 bits per heavy atom. The van der Waals surface area contributed by atoms with Crippen LogP contribution in [-0.4, -0.2) is 41.4 Å². The molecule has 2 rings (SSSR count). The molecule has 17 heavy (non-hydrogen) atoms. The van der Waals surface area contributed by atoms with Crippen molar-refractivity contribution in [2.45, 2.75) is 25.4 Å². The molecule has 1 aromatic heterocycles. The first-order valence-corrected chi connectivity index (χ1v) is 5.79. The van der Waals surface area contributed by atoms with E-state index in [2.05, 4.69) is 21.4 Å². The Balaban J connectivity index is 2.15. The second-order valence-corrected chi connectivity index (χ2v) is 4.67. The average molecular weight is 234 g/mol. The van der Waals surface area contributed by atoms with Crippen molar-refractivity contribution in [1.29, 1.82) is 5.26 Å². The maximum atomic E-state index is 9.09. The molecule has 6 nitrogen and oxygen atoms in total. The molecule has 1 aliphatic carbocycles. The molecule has 1 aromatic rings. The van der Waals surface area contributed by atoms with Crippen LogP contribution in [0.2, 0.25) is 0 Å². The monoisotopic (exact) mass is 234 g/mol. The minimum Gasteiger partial charge on any atom is -0.383 e. The second kappa shape index (κ2) is 4.63. The molecule has 0 spiro atoms. The van der Waals surface area contributed by atoms with Crippen molar-refractivity contribution in [3.8, 4) is 6.07 Å². The fourth-order valence-electron chi connectivity index (χ4n) is 1.57. The molecular weight excluding hydrogens is 216 g/mol. The Bertz CT molecular complexity index is 438. The van der Waals surface area contributed by atoms with E-state index in [0.29, 0.717) is 29.8 Å². The predicted molar refractivity (Wildman–Crippen MR) is 66.6 cm³/mol. The molecule has 6 heteroatoms. The maximum Gasteiger partial charge on any atom is 0.168 e. The molecule has 0 bridgehead atoms. The van der Waals surface area contributed by atoms with Gasteiger partial charge in [-0.05, 0) is 26.9 Å². The third-order valence-electron chi connectivity index (χ3n) is 2.78. The van der Waals surface area contributed by atoms with Crippen molar-refractivity contribution in [2.75, 3.05) is 31.7 Å². The quantitative estimate of drug-likeness (QED) is 0.774. The third kappa shape index (κ3) is 2.68. The molecule has 0 amide bonds. The summed E-state index contributed by atoms with van der Waals surface area (Å²) in [6.45, 7) is 1.54. The molecule has 0 aromatic carbocycles. The lowest BCUT2D eigenvalue weighted by atomic mass is 10.3. The Labute approximate surface area is 101 Å². The highest BCUT2D eigenvalue weighted by molar-refractivity contribution is 5.64. The van der Waals surface area contributed by atoms with Crippen LogP contribution >= 0.6 is 0 Å². The van der Waals surface area contributed by atoms with E-state index >= 15 is 0 Å². The zero-order chi connectivity index (χ0) is 12.4. The van der Waals surface area contributed by atoms with Crippen molar-refractivity contribution in [3.63, 3.8) is 0 Å². The second-order valence-electron chi connectivity index (χ2n) is 4.67. The van der Waals surface area contributed by atoms with Crippen LogP contribution in [0.4, 0.5) is 11.6 Å². The van der Waals surface area contributed by atoms with Crippen LogP contribution in [0.25, 0.3) is 0 Å². The van der Waals surface area contributed by atoms with Gasteiger partial charge in [-0.3, -0.25) is 0 Å². The van der Waals surface area contributed by atoms with Crippen LogP contribution in [0.5, 0.6) is 0 Å². The van der Waals surface area contributed by atoms with Gasteiger partial charge in [0, 0.05) is 12.6 Å². The number of rotatable bonds is 5. The number of nitriles is 1. The van der Waals surface area contributed by atoms with E-state index < -0.39 is 0 Å². The maximum absolute atomic E-state index is 9.09. The van der Waals surface area contributed by atoms with Gasteiger partial charge < -0.3 is 16.0 Å². The summed E-state index contributed by atoms with van der Waals surface area (Å²) in [5, 5.41) is 16.7. The van der Waals surface area contributed by atoms with Crippen molar-refractivity contribution in [2.24, 2.45) is 0 Å². The standard InChI is InChI=1S/C11H18N6/c1-16(2)5-6-17-10(13)9(7-12)11(15-17)14-8-3-4-8/h8H,3-6,13H2,1-2H3,(H,14,15). The smallest absolute Gasteiger partial charge is 0.168 e. The minimum absolute atomic E-state index is 0.456. The van der Waals surface area contributed by atoms with Gasteiger partial charge in [0.2, 0.25) is 0 Å². The van der Waals surface area contributed by atoms with Gasteiger partial charge in [0.15, 0.2) is 5.82 Å². The van der Waals surface area contributed by atoms with Gasteiger partial charge >= 0.3 is 0 Å². The molecule has 1 saturated carbocycles. The summed E-state index contributed by atoms with van der Waals surface area (Å²) in [7, 11) is 3.99. The van der Waals surface area contributed by atoms with Crippen LogP contribution < -0.4 is 11.1 Å². The first-order valence-electron chi connectivity index (χ1n) is 5.79. The zero-order valence-electron chi connectivity index (χ0n) is 10.3. The molecule has 92 valence electrons. The predicted octanol–water partition coefficient (Wildman–Crippen LogP) is 0.473. The van der Waals surface area contributed by atoms with Gasteiger partial charge in [-0.2, -0.15) is 10.4 Å². The van der Waals surface area contributed by atoms with Crippen molar-refractivity contribution in [1.82, 2.24) is 14.7 Å². The summed E-state index contributed by atoms with van der Waals surface area (Å²) >= 11 is 0. The Hall–Kier alpha value is -1.74. The lowest BCUT2D eigenvalue weighted by molar-refractivity contribution is 0.375. The zero-order valence-corrected chi connectivity index (χ0v) is 10.3. The van der Waals surface area contributed by atoms with E-state index in [-0.39, 0.29) is 0 Å². The summed E-state index contributed by atoms with van der Waals surface area (Å²) in [4.78, 5) is 2.06. The van der Waals surface area contributed by atoms with E-state index in [1.54, 1.807) is 4.68 Å². The Morgan fingerprint density at radius 2 is 2.29 bits per heavy atom. The first-order chi connectivity index (χ1) is 8.11. The molecule has 0 radical (unpaired) electrons. The molecule has 1 fully saturated rings. The molecule has 1 heterocycles. The van der Waals surface area contributed by atoms with Crippen LogP contribution in [-0.2, 0) is 6.54 Å². The van der Waals surface area contributed by atoms with Crippen LogP contribution in [0.3, 0.4) is 0 Å². The number of hydrogen-bond donors (Lipinski definition) is 2. The SMILES string of the molecule is CN(C)CCn1nc(NC2CC2)c(C#N)c1N. The highest BCUT2D eigenvalue weighted by Crippen LogP contribution is 2.28. The van der Waals surface area contributed by atoms with E-state index in [0.717, 1.165) is 19.4 Å².